The lowest BCUT2D eigenvalue weighted by molar-refractivity contribution is -0.115. The summed E-state index contributed by atoms with van der Waals surface area (Å²) < 4.78 is 24.4. The third-order valence-electron chi connectivity index (χ3n) is 3.41. The summed E-state index contributed by atoms with van der Waals surface area (Å²) in [4.78, 5) is 12.1. The van der Waals surface area contributed by atoms with Gasteiger partial charge in [0.15, 0.2) is 9.84 Å². The van der Waals surface area contributed by atoms with Crippen LogP contribution in [0.15, 0.2) is 47.4 Å². The molecule has 0 heterocycles. The molecule has 6 heteroatoms. The van der Waals surface area contributed by atoms with Crippen LogP contribution in [0.5, 0.6) is 5.75 Å². The lowest BCUT2D eigenvalue weighted by Crippen LogP contribution is -2.17. The van der Waals surface area contributed by atoms with Gasteiger partial charge in [0, 0.05) is 6.42 Å². The van der Waals surface area contributed by atoms with Gasteiger partial charge in [0.05, 0.1) is 16.3 Å². The van der Waals surface area contributed by atoms with Crippen molar-refractivity contribution in [3.05, 3.63) is 53.6 Å². The first-order valence-corrected chi connectivity index (χ1v) is 8.82. The van der Waals surface area contributed by atoms with E-state index in [-0.39, 0.29) is 28.5 Å². The molecule has 0 radical (unpaired) electrons. The maximum absolute atomic E-state index is 12.2. The van der Waals surface area contributed by atoms with Crippen molar-refractivity contribution in [1.29, 1.82) is 0 Å². The number of phenolic OH excluding ortho intramolecular Hbond substituents is 1. The van der Waals surface area contributed by atoms with Crippen molar-refractivity contribution >= 4 is 21.4 Å². The molecule has 2 N–H and O–H groups in total. The molecule has 0 aliphatic carbocycles. The van der Waals surface area contributed by atoms with E-state index in [9.17, 15) is 18.3 Å². The number of nitrogens with one attached hydrogen (secondary N) is 1. The van der Waals surface area contributed by atoms with E-state index in [4.69, 9.17) is 0 Å². The van der Waals surface area contributed by atoms with Gasteiger partial charge in [-0.15, -0.1) is 0 Å². The molecule has 5 nitrogen and oxygen atoms in total. The summed E-state index contributed by atoms with van der Waals surface area (Å²) in [7, 11) is -3.50. The van der Waals surface area contributed by atoms with Gasteiger partial charge < -0.3 is 10.4 Å². The number of carbonyl (C=O) groups is 1. The van der Waals surface area contributed by atoms with Gasteiger partial charge >= 0.3 is 0 Å². The Morgan fingerprint density at radius 1 is 1.04 bits per heavy atom. The molecule has 2 rings (SSSR count). The average Bonchev–Trinajstić information content (AvgIpc) is 2.49. The zero-order valence-corrected chi connectivity index (χ0v) is 13.9. The quantitative estimate of drug-likeness (QED) is 0.824. The van der Waals surface area contributed by atoms with Crippen molar-refractivity contribution in [2.24, 2.45) is 0 Å². The van der Waals surface area contributed by atoms with Crippen LogP contribution in [0.1, 0.15) is 17.5 Å². The summed E-state index contributed by atoms with van der Waals surface area (Å²) in [5, 5.41) is 12.3. The number of phenols is 1. The highest BCUT2D eigenvalue weighted by atomic mass is 32.2. The Kier molecular flexibility index (Phi) is 5.05. The molecular formula is C17H19NO4S. The van der Waals surface area contributed by atoms with E-state index < -0.39 is 15.7 Å². The van der Waals surface area contributed by atoms with Crippen molar-refractivity contribution in [2.45, 2.75) is 25.2 Å². The van der Waals surface area contributed by atoms with Crippen molar-refractivity contribution < 1.29 is 18.3 Å². The average molecular weight is 333 g/mol. The van der Waals surface area contributed by atoms with Crippen molar-refractivity contribution in [3.8, 4) is 5.75 Å². The molecule has 2 aromatic rings. The van der Waals surface area contributed by atoms with E-state index in [0.29, 0.717) is 0 Å². The Bertz CT molecular complexity index is 811. The molecule has 1 amide bonds. The fourth-order valence-electron chi connectivity index (χ4n) is 2.05. The zero-order chi connectivity index (χ0) is 17.0. The van der Waals surface area contributed by atoms with E-state index in [1.54, 1.807) is 24.3 Å². The number of sulfone groups is 1. The van der Waals surface area contributed by atoms with Crippen LogP contribution in [-0.2, 0) is 14.6 Å². The standard InChI is InChI=1S/C17H19NO4S/c1-12-3-6-14(7-4-12)23(21,22)10-9-17(20)18-15-8-5-13(2)11-16(15)19/h3-8,11,19H,9-10H2,1-2H3,(H,18,20). The van der Waals surface area contributed by atoms with E-state index in [1.807, 2.05) is 13.8 Å². The number of anilines is 1. The monoisotopic (exact) mass is 333 g/mol. The van der Waals surface area contributed by atoms with Gasteiger partial charge in [-0.05, 0) is 43.7 Å². The highest BCUT2D eigenvalue weighted by Crippen LogP contribution is 2.24. The second kappa shape index (κ2) is 6.83. The second-order valence-corrected chi connectivity index (χ2v) is 7.56. The minimum atomic E-state index is -3.50. The maximum atomic E-state index is 12.2. The van der Waals surface area contributed by atoms with Crippen molar-refractivity contribution in [3.63, 3.8) is 0 Å². The Morgan fingerprint density at radius 3 is 2.26 bits per heavy atom. The second-order valence-electron chi connectivity index (χ2n) is 5.45. The molecule has 0 aliphatic heterocycles. The van der Waals surface area contributed by atoms with E-state index >= 15 is 0 Å². The first kappa shape index (κ1) is 17.0. The summed E-state index contributed by atoms with van der Waals surface area (Å²) in [6.45, 7) is 3.69. The Labute approximate surface area is 135 Å². The van der Waals surface area contributed by atoms with Crippen LogP contribution >= 0.6 is 0 Å². The smallest absolute Gasteiger partial charge is 0.225 e. The third kappa shape index (κ3) is 4.56. The first-order valence-electron chi connectivity index (χ1n) is 7.17. The predicted molar refractivity (Wildman–Crippen MR) is 89.3 cm³/mol. The highest BCUT2D eigenvalue weighted by Gasteiger charge is 2.17. The summed E-state index contributed by atoms with van der Waals surface area (Å²) in [6.07, 6.45) is -0.177. The number of amides is 1. The van der Waals surface area contributed by atoms with Crippen molar-refractivity contribution in [2.75, 3.05) is 11.1 Å². The molecule has 0 spiro atoms. The highest BCUT2D eigenvalue weighted by molar-refractivity contribution is 7.91. The molecule has 23 heavy (non-hydrogen) atoms. The molecular weight excluding hydrogens is 314 g/mol. The third-order valence-corrected chi connectivity index (χ3v) is 5.14. The van der Waals surface area contributed by atoms with Gasteiger partial charge in [0.2, 0.25) is 5.91 Å². The topological polar surface area (TPSA) is 83.5 Å². The van der Waals surface area contributed by atoms with Gasteiger partial charge in [-0.2, -0.15) is 0 Å². The van der Waals surface area contributed by atoms with E-state index in [1.165, 1.54) is 18.2 Å². The number of hydrogen-bond acceptors (Lipinski definition) is 4. The van der Waals surface area contributed by atoms with Crippen LogP contribution in [0.25, 0.3) is 0 Å². The number of aromatic hydroxyl groups is 1. The van der Waals surface area contributed by atoms with Crippen LogP contribution in [-0.4, -0.2) is 25.2 Å². The van der Waals surface area contributed by atoms with Gasteiger partial charge in [0.1, 0.15) is 5.75 Å². The zero-order valence-electron chi connectivity index (χ0n) is 13.0. The Hall–Kier alpha value is -2.34. The predicted octanol–water partition coefficient (Wildman–Crippen LogP) is 2.81. The van der Waals surface area contributed by atoms with Crippen LogP contribution in [0.4, 0.5) is 5.69 Å². The fourth-order valence-corrected chi connectivity index (χ4v) is 3.29. The Balaban J connectivity index is 1.99. The molecule has 0 aromatic heterocycles. The number of carbonyl (C=O) groups excluding carboxylic acids is 1. The van der Waals surface area contributed by atoms with E-state index in [0.717, 1.165) is 11.1 Å². The lowest BCUT2D eigenvalue weighted by atomic mass is 10.2. The van der Waals surface area contributed by atoms with Crippen LogP contribution in [0, 0.1) is 13.8 Å². The van der Waals surface area contributed by atoms with Gasteiger partial charge in [-0.1, -0.05) is 23.8 Å². The molecule has 0 fully saturated rings. The van der Waals surface area contributed by atoms with Crippen molar-refractivity contribution in [1.82, 2.24) is 0 Å². The fraction of sp³-hybridized carbons (Fsp3) is 0.235. The summed E-state index contributed by atoms with van der Waals surface area (Å²) >= 11 is 0. The van der Waals surface area contributed by atoms with E-state index in [2.05, 4.69) is 5.32 Å². The lowest BCUT2D eigenvalue weighted by Gasteiger charge is -2.08. The van der Waals surface area contributed by atoms with Crippen LogP contribution in [0.3, 0.4) is 0 Å². The summed E-state index contributed by atoms with van der Waals surface area (Å²) in [5.74, 6) is -0.784. The summed E-state index contributed by atoms with van der Waals surface area (Å²) in [5.41, 5.74) is 2.10. The molecule has 2 aromatic carbocycles. The molecule has 122 valence electrons. The summed E-state index contributed by atoms with van der Waals surface area (Å²) in [6, 6.07) is 11.4. The minimum absolute atomic E-state index is 0.0419. The first-order chi connectivity index (χ1) is 10.8. The normalized spacial score (nSPS) is 11.2. The SMILES string of the molecule is Cc1ccc(S(=O)(=O)CCC(=O)Nc2ccc(C)cc2O)cc1. The van der Waals surface area contributed by atoms with Crippen LogP contribution < -0.4 is 5.32 Å². The number of hydrogen-bond donors (Lipinski definition) is 2. The molecule has 0 saturated carbocycles. The largest absolute Gasteiger partial charge is 0.506 e. The van der Waals surface area contributed by atoms with Gasteiger partial charge in [-0.25, -0.2) is 8.42 Å². The molecule has 0 aliphatic rings. The molecule has 0 unspecified atom stereocenters. The number of benzene rings is 2. The Morgan fingerprint density at radius 2 is 1.65 bits per heavy atom. The van der Waals surface area contributed by atoms with Gasteiger partial charge in [0.25, 0.3) is 0 Å². The van der Waals surface area contributed by atoms with Gasteiger partial charge in [-0.3, -0.25) is 4.79 Å². The minimum Gasteiger partial charge on any atom is -0.506 e. The number of rotatable bonds is 5. The number of aryl methyl sites for hydroxylation is 2. The van der Waals surface area contributed by atoms with Crippen LogP contribution in [0.2, 0.25) is 0 Å². The molecule has 0 atom stereocenters. The maximum Gasteiger partial charge on any atom is 0.225 e. The molecule has 0 saturated heterocycles. The molecule has 0 bridgehead atoms.